The standard InChI is InChI=1S/C12H10FNO2/c1-15-10-4-2-3-5-11(10)16-9-6-7-14-12(13)8-9/h2-8H,1H3. The molecule has 82 valence electrons. The van der Waals surface area contributed by atoms with Gasteiger partial charge in [0.25, 0.3) is 0 Å². The van der Waals surface area contributed by atoms with Crippen LogP contribution in [0.25, 0.3) is 0 Å². The molecule has 2 aromatic rings. The zero-order valence-corrected chi connectivity index (χ0v) is 8.68. The minimum Gasteiger partial charge on any atom is -0.493 e. The van der Waals surface area contributed by atoms with Gasteiger partial charge in [-0.3, -0.25) is 0 Å². The number of rotatable bonds is 3. The normalized spacial score (nSPS) is 9.88. The first kappa shape index (κ1) is 10.4. The van der Waals surface area contributed by atoms with Crippen LogP contribution in [0.15, 0.2) is 42.6 Å². The second-order valence-corrected chi connectivity index (χ2v) is 3.07. The highest BCUT2D eigenvalue weighted by molar-refractivity contribution is 5.42. The van der Waals surface area contributed by atoms with Gasteiger partial charge in [0.2, 0.25) is 5.95 Å². The van der Waals surface area contributed by atoms with Crippen LogP contribution in [0, 0.1) is 5.95 Å². The summed E-state index contributed by atoms with van der Waals surface area (Å²) in [5.74, 6) is 0.944. The molecule has 0 N–H and O–H groups in total. The van der Waals surface area contributed by atoms with Gasteiger partial charge in [-0.2, -0.15) is 4.39 Å². The van der Waals surface area contributed by atoms with Crippen molar-refractivity contribution in [3.8, 4) is 17.2 Å². The number of ether oxygens (including phenoxy) is 2. The van der Waals surface area contributed by atoms with Crippen molar-refractivity contribution in [1.82, 2.24) is 4.98 Å². The summed E-state index contributed by atoms with van der Waals surface area (Å²) < 4.78 is 23.4. The highest BCUT2D eigenvalue weighted by Gasteiger charge is 2.04. The van der Waals surface area contributed by atoms with Crippen molar-refractivity contribution in [2.75, 3.05) is 7.11 Å². The maximum Gasteiger partial charge on any atom is 0.216 e. The molecule has 0 unspecified atom stereocenters. The summed E-state index contributed by atoms with van der Waals surface area (Å²) in [5.41, 5.74) is 0. The topological polar surface area (TPSA) is 31.4 Å². The number of hydrogen-bond donors (Lipinski definition) is 0. The highest BCUT2D eigenvalue weighted by Crippen LogP contribution is 2.30. The zero-order valence-electron chi connectivity index (χ0n) is 8.68. The molecule has 1 heterocycles. The summed E-state index contributed by atoms with van der Waals surface area (Å²) in [6, 6.07) is 9.96. The third-order valence-corrected chi connectivity index (χ3v) is 1.99. The van der Waals surface area contributed by atoms with Crippen molar-refractivity contribution in [3.05, 3.63) is 48.5 Å². The fourth-order valence-corrected chi connectivity index (χ4v) is 1.28. The SMILES string of the molecule is COc1ccccc1Oc1ccnc(F)c1. The Morgan fingerprint density at radius 1 is 1.12 bits per heavy atom. The smallest absolute Gasteiger partial charge is 0.216 e. The van der Waals surface area contributed by atoms with E-state index in [1.807, 2.05) is 12.1 Å². The van der Waals surface area contributed by atoms with Gasteiger partial charge in [0, 0.05) is 12.3 Å². The van der Waals surface area contributed by atoms with Gasteiger partial charge in [0.15, 0.2) is 11.5 Å². The molecule has 0 aliphatic carbocycles. The van der Waals surface area contributed by atoms with E-state index in [0.717, 1.165) is 0 Å². The van der Waals surface area contributed by atoms with E-state index in [2.05, 4.69) is 4.98 Å². The first-order valence-corrected chi connectivity index (χ1v) is 4.72. The number of hydrogen-bond acceptors (Lipinski definition) is 3. The van der Waals surface area contributed by atoms with Crippen LogP contribution < -0.4 is 9.47 Å². The molecule has 0 saturated heterocycles. The molecule has 0 spiro atoms. The van der Waals surface area contributed by atoms with Crippen LogP contribution in [-0.2, 0) is 0 Å². The van der Waals surface area contributed by atoms with E-state index >= 15 is 0 Å². The fourth-order valence-electron chi connectivity index (χ4n) is 1.28. The Balaban J connectivity index is 2.26. The Hall–Kier alpha value is -2.10. The van der Waals surface area contributed by atoms with E-state index in [4.69, 9.17) is 9.47 Å². The Morgan fingerprint density at radius 3 is 2.56 bits per heavy atom. The van der Waals surface area contributed by atoms with Gasteiger partial charge in [-0.1, -0.05) is 12.1 Å². The predicted octanol–water partition coefficient (Wildman–Crippen LogP) is 3.02. The minimum absolute atomic E-state index is 0.386. The lowest BCUT2D eigenvalue weighted by atomic mass is 10.3. The van der Waals surface area contributed by atoms with Crippen LogP contribution in [-0.4, -0.2) is 12.1 Å². The Morgan fingerprint density at radius 2 is 1.88 bits per heavy atom. The number of methoxy groups -OCH3 is 1. The summed E-state index contributed by atoms with van der Waals surface area (Å²) in [6.45, 7) is 0. The molecule has 3 nitrogen and oxygen atoms in total. The lowest BCUT2D eigenvalue weighted by Crippen LogP contribution is -1.91. The largest absolute Gasteiger partial charge is 0.493 e. The summed E-state index contributed by atoms with van der Waals surface area (Å²) in [7, 11) is 1.55. The van der Waals surface area contributed by atoms with Gasteiger partial charge >= 0.3 is 0 Å². The highest BCUT2D eigenvalue weighted by atomic mass is 19.1. The maximum atomic E-state index is 12.8. The Kier molecular flexibility index (Phi) is 3.00. The molecular weight excluding hydrogens is 209 g/mol. The second kappa shape index (κ2) is 4.61. The van der Waals surface area contributed by atoms with Crippen molar-refractivity contribution in [1.29, 1.82) is 0 Å². The molecular formula is C12H10FNO2. The van der Waals surface area contributed by atoms with Gasteiger partial charge < -0.3 is 9.47 Å². The maximum absolute atomic E-state index is 12.8. The molecule has 4 heteroatoms. The molecule has 16 heavy (non-hydrogen) atoms. The van der Waals surface area contributed by atoms with Gasteiger partial charge in [0.1, 0.15) is 5.75 Å². The number of para-hydroxylation sites is 2. The van der Waals surface area contributed by atoms with Crippen LogP contribution >= 0.6 is 0 Å². The third-order valence-electron chi connectivity index (χ3n) is 1.99. The number of pyridine rings is 1. The zero-order chi connectivity index (χ0) is 11.4. The van der Waals surface area contributed by atoms with E-state index in [1.54, 1.807) is 25.3 Å². The molecule has 0 fully saturated rings. The summed E-state index contributed by atoms with van der Waals surface area (Å²) >= 11 is 0. The molecule has 0 amide bonds. The van der Waals surface area contributed by atoms with Crippen LogP contribution in [0.1, 0.15) is 0 Å². The van der Waals surface area contributed by atoms with Crippen molar-refractivity contribution in [3.63, 3.8) is 0 Å². The molecule has 2 rings (SSSR count). The van der Waals surface area contributed by atoms with E-state index in [9.17, 15) is 4.39 Å². The molecule has 1 aromatic carbocycles. The van der Waals surface area contributed by atoms with Crippen LogP contribution in [0.3, 0.4) is 0 Å². The van der Waals surface area contributed by atoms with Gasteiger partial charge in [-0.25, -0.2) is 4.98 Å². The first-order chi connectivity index (χ1) is 7.79. The monoisotopic (exact) mass is 219 g/mol. The van der Waals surface area contributed by atoms with Crippen LogP contribution in [0.2, 0.25) is 0 Å². The summed E-state index contributed by atoms with van der Waals surface area (Å²) in [6.07, 6.45) is 1.35. The molecule has 0 atom stereocenters. The van der Waals surface area contributed by atoms with Crippen molar-refractivity contribution in [2.45, 2.75) is 0 Å². The van der Waals surface area contributed by atoms with Crippen LogP contribution in [0.4, 0.5) is 4.39 Å². The average molecular weight is 219 g/mol. The van der Waals surface area contributed by atoms with Gasteiger partial charge in [0.05, 0.1) is 7.11 Å². The number of halogens is 1. The van der Waals surface area contributed by atoms with E-state index in [-0.39, 0.29) is 0 Å². The van der Waals surface area contributed by atoms with E-state index in [0.29, 0.717) is 17.2 Å². The molecule has 1 aromatic heterocycles. The first-order valence-electron chi connectivity index (χ1n) is 4.72. The molecule has 0 radical (unpaired) electrons. The second-order valence-electron chi connectivity index (χ2n) is 3.07. The lowest BCUT2D eigenvalue weighted by molar-refractivity contribution is 0.377. The van der Waals surface area contributed by atoms with Crippen molar-refractivity contribution < 1.29 is 13.9 Å². The molecule has 0 aliphatic rings. The molecule has 0 saturated carbocycles. The van der Waals surface area contributed by atoms with E-state index in [1.165, 1.54) is 12.3 Å². The van der Waals surface area contributed by atoms with E-state index < -0.39 is 5.95 Å². The third kappa shape index (κ3) is 2.28. The van der Waals surface area contributed by atoms with Gasteiger partial charge in [-0.05, 0) is 18.2 Å². The predicted molar refractivity (Wildman–Crippen MR) is 57.3 cm³/mol. The minimum atomic E-state index is -0.576. The average Bonchev–Trinajstić information content (AvgIpc) is 2.30. The van der Waals surface area contributed by atoms with Gasteiger partial charge in [-0.15, -0.1) is 0 Å². The molecule has 0 bridgehead atoms. The number of benzene rings is 1. The number of aromatic nitrogens is 1. The number of nitrogens with zero attached hydrogens (tertiary/aromatic N) is 1. The molecule has 0 aliphatic heterocycles. The summed E-state index contributed by atoms with van der Waals surface area (Å²) in [5, 5.41) is 0. The summed E-state index contributed by atoms with van der Waals surface area (Å²) in [4.78, 5) is 3.45. The fraction of sp³-hybridized carbons (Fsp3) is 0.0833. The van der Waals surface area contributed by atoms with Crippen LogP contribution in [0.5, 0.6) is 17.2 Å². The quantitative estimate of drug-likeness (QED) is 0.743. The van der Waals surface area contributed by atoms with Crippen molar-refractivity contribution >= 4 is 0 Å². The Labute approximate surface area is 92.5 Å². The Bertz CT molecular complexity index is 488. The lowest BCUT2D eigenvalue weighted by Gasteiger charge is -2.09. The van der Waals surface area contributed by atoms with Crippen molar-refractivity contribution in [2.24, 2.45) is 0 Å².